The number of nitrogens with zero attached hydrogens (tertiary/aromatic N) is 1. The van der Waals surface area contributed by atoms with Gasteiger partial charge in [0, 0.05) is 24.1 Å². The summed E-state index contributed by atoms with van der Waals surface area (Å²) in [6, 6.07) is 8.52. The van der Waals surface area contributed by atoms with Gasteiger partial charge in [-0.1, -0.05) is 31.0 Å². The fourth-order valence-corrected chi connectivity index (χ4v) is 3.45. The third-order valence-corrected chi connectivity index (χ3v) is 4.43. The average molecular weight is 275 g/mol. The lowest BCUT2D eigenvalue weighted by Crippen LogP contribution is -2.40. The van der Waals surface area contributed by atoms with Crippen molar-refractivity contribution in [3.8, 4) is 5.75 Å². The fraction of sp³-hybridized carbons (Fsp3) is 0.562. The second-order valence-electron chi connectivity index (χ2n) is 5.81. The molecule has 1 aromatic carbocycles. The number of carboxylic acids is 1. The summed E-state index contributed by atoms with van der Waals surface area (Å²) < 4.78 is 5.71. The fourth-order valence-electron chi connectivity index (χ4n) is 3.45. The topological polar surface area (TPSA) is 49.8 Å². The number of benzene rings is 1. The van der Waals surface area contributed by atoms with Crippen LogP contribution < -0.4 is 4.74 Å². The molecule has 3 rings (SSSR count). The number of fused-ring (bicyclic) bond motifs is 1. The van der Waals surface area contributed by atoms with Crippen molar-refractivity contribution >= 4 is 5.97 Å². The van der Waals surface area contributed by atoms with E-state index in [0.717, 1.165) is 25.1 Å². The molecule has 0 bridgehead atoms. The zero-order valence-electron chi connectivity index (χ0n) is 11.6. The second-order valence-corrected chi connectivity index (χ2v) is 5.81. The average Bonchev–Trinajstić information content (AvgIpc) is 3.07. The van der Waals surface area contributed by atoms with Gasteiger partial charge in [0.25, 0.3) is 0 Å². The molecule has 0 spiro atoms. The smallest absolute Gasteiger partial charge is 0.317 e. The van der Waals surface area contributed by atoms with Crippen LogP contribution in [0.3, 0.4) is 0 Å². The zero-order valence-corrected chi connectivity index (χ0v) is 11.6. The Hall–Kier alpha value is -1.55. The number of ether oxygens (including phenoxy) is 1. The molecule has 1 aliphatic heterocycles. The van der Waals surface area contributed by atoms with Crippen molar-refractivity contribution < 1.29 is 14.6 Å². The van der Waals surface area contributed by atoms with Gasteiger partial charge in [0.15, 0.2) is 0 Å². The van der Waals surface area contributed by atoms with Gasteiger partial charge in [-0.25, -0.2) is 0 Å². The van der Waals surface area contributed by atoms with E-state index in [4.69, 9.17) is 9.84 Å². The minimum absolute atomic E-state index is 0.142. The van der Waals surface area contributed by atoms with Crippen LogP contribution in [0.1, 0.15) is 37.2 Å². The summed E-state index contributed by atoms with van der Waals surface area (Å²) in [7, 11) is 0. The van der Waals surface area contributed by atoms with Crippen LogP contribution in [0.15, 0.2) is 24.3 Å². The van der Waals surface area contributed by atoms with E-state index in [2.05, 4.69) is 11.0 Å². The highest BCUT2D eigenvalue weighted by atomic mass is 16.5. The number of rotatable bonds is 5. The normalized spacial score (nSPS) is 21.9. The lowest BCUT2D eigenvalue weighted by atomic mass is 9.99. The minimum Gasteiger partial charge on any atom is -0.493 e. The van der Waals surface area contributed by atoms with E-state index >= 15 is 0 Å². The van der Waals surface area contributed by atoms with Crippen molar-refractivity contribution in [1.29, 1.82) is 0 Å². The van der Waals surface area contributed by atoms with Gasteiger partial charge in [-0.15, -0.1) is 0 Å². The Bertz CT molecular complexity index is 482. The Kier molecular flexibility index (Phi) is 3.92. The van der Waals surface area contributed by atoms with Crippen LogP contribution in [0, 0.1) is 0 Å². The van der Waals surface area contributed by atoms with Gasteiger partial charge in [-0.3, -0.25) is 9.69 Å². The lowest BCUT2D eigenvalue weighted by Gasteiger charge is -2.29. The van der Waals surface area contributed by atoms with Crippen molar-refractivity contribution in [2.24, 2.45) is 0 Å². The lowest BCUT2D eigenvalue weighted by molar-refractivity contribution is -0.139. The maximum Gasteiger partial charge on any atom is 0.317 e. The molecule has 0 aromatic heterocycles. The predicted molar refractivity (Wildman–Crippen MR) is 76.1 cm³/mol. The molecule has 2 aliphatic rings. The van der Waals surface area contributed by atoms with Crippen molar-refractivity contribution in [3.63, 3.8) is 0 Å². The SMILES string of the molecule is O=C(O)CN(CC1COc2ccccc21)C1CCCC1. The van der Waals surface area contributed by atoms with Gasteiger partial charge >= 0.3 is 5.97 Å². The van der Waals surface area contributed by atoms with E-state index in [1.165, 1.54) is 18.4 Å². The monoisotopic (exact) mass is 275 g/mol. The summed E-state index contributed by atoms with van der Waals surface area (Å²) >= 11 is 0. The third kappa shape index (κ3) is 2.80. The molecule has 20 heavy (non-hydrogen) atoms. The second kappa shape index (κ2) is 5.83. The molecule has 108 valence electrons. The first kappa shape index (κ1) is 13.4. The molecule has 1 saturated carbocycles. The number of aliphatic carboxylic acids is 1. The zero-order chi connectivity index (χ0) is 13.9. The van der Waals surface area contributed by atoms with E-state index in [1.54, 1.807) is 0 Å². The third-order valence-electron chi connectivity index (χ3n) is 4.43. The van der Waals surface area contributed by atoms with Crippen LogP contribution in [0.2, 0.25) is 0 Å². The summed E-state index contributed by atoms with van der Waals surface area (Å²) in [5.74, 6) is 0.523. The molecular weight excluding hydrogens is 254 g/mol. The summed E-state index contributed by atoms with van der Waals surface area (Å²) in [5.41, 5.74) is 1.22. The van der Waals surface area contributed by atoms with Crippen LogP contribution in [0.4, 0.5) is 0 Å². The van der Waals surface area contributed by atoms with E-state index in [0.29, 0.717) is 18.6 Å². The van der Waals surface area contributed by atoms with Crippen LogP contribution >= 0.6 is 0 Å². The summed E-state index contributed by atoms with van der Waals surface area (Å²) in [6.45, 7) is 1.60. The van der Waals surface area contributed by atoms with Crippen molar-refractivity contribution in [2.75, 3.05) is 19.7 Å². The van der Waals surface area contributed by atoms with Crippen LogP contribution in [0.5, 0.6) is 5.75 Å². The van der Waals surface area contributed by atoms with Gasteiger partial charge in [0.2, 0.25) is 0 Å². The molecule has 1 aromatic rings. The van der Waals surface area contributed by atoms with Gasteiger partial charge in [-0.2, -0.15) is 0 Å². The Labute approximate surface area is 119 Å². The molecular formula is C16H21NO3. The van der Waals surface area contributed by atoms with Crippen molar-refractivity contribution in [2.45, 2.75) is 37.6 Å². The first-order valence-corrected chi connectivity index (χ1v) is 7.41. The number of carbonyl (C=O) groups is 1. The van der Waals surface area contributed by atoms with Crippen LogP contribution in [-0.4, -0.2) is 41.7 Å². The highest BCUT2D eigenvalue weighted by molar-refractivity contribution is 5.69. The number of hydrogen-bond acceptors (Lipinski definition) is 3. The Morgan fingerprint density at radius 2 is 2.05 bits per heavy atom. The highest BCUT2D eigenvalue weighted by Gasteiger charge is 2.30. The Morgan fingerprint density at radius 1 is 1.30 bits per heavy atom. The maximum absolute atomic E-state index is 11.1. The maximum atomic E-state index is 11.1. The van der Waals surface area contributed by atoms with Gasteiger partial charge in [-0.05, 0) is 18.9 Å². The predicted octanol–water partition coefficient (Wildman–Crippen LogP) is 2.49. The summed E-state index contributed by atoms with van der Waals surface area (Å²) in [6.07, 6.45) is 4.70. The Balaban J connectivity index is 1.71. The number of para-hydroxylation sites is 1. The first-order valence-electron chi connectivity index (χ1n) is 7.41. The van der Waals surface area contributed by atoms with E-state index in [-0.39, 0.29) is 6.54 Å². The standard InChI is InChI=1S/C16H21NO3/c18-16(19)10-17(13-5-1-2-6-13)9-12-11-20-15-8-4-3-7-14(12)15/h3-4,7-8,12-13H,1-2,5-6,9-11H2,(H,18,19). The summed E-state index contributed by atoms with van der Waals surface area (Å²) in [4.78, 5) is 13.3. The molecule has 4 nitrogen and oxygen atoms in total. The summed E-state index contributed by atoms with van der Waals surface area (Å²) in [5, 5.41) is 9.14. The highest BCUT2D eigenvalue weighted by Crippen LogP contribution is 2.35. The van der Waals surface area contributed by atoms with Gasteiger partial charge in [0.05, 0.1) is 13.2 Å². The van der Waals surface area contributed by atoms with Crippen molar-refractivity contribution in [1.82, 2.24) is 4.90 Å². The first-order chi connectivity index (χ1) is 9.74. The Morgan fingerprint density at radius 3 is 2.80 bits per heavy atom. The molecule has 1 N–H and O–H groups in total. The quantitative estimate of drug-likeness (QED) is 0.897. The molecule has 4 heteroatoms. The van der Waals surface area contributed by atoms with Gasteiger partial charge in [0.1, 0.15) is 5.75 Å². The minimum atomic E-state index is -0.732. The molecule has 1 aliphatic carbocycles. The molecule has 1 fully saturated rings. The van der Waals surface area contributed by atoms with Crippen LogP contribution in [0.25, 0.3) is 0 Å². The van der Waals surface area contributed by atoms with E-state index in [1.807, 2.05) is 18.2 Å². The molecule has 0 amide bonds. The van der Waals surface area contributed by atoms with E-state index in [9.17, 15) is 4.79 Å². The van der Waals surface area contributed by atoms with Crippen LogP contribution in [-0.2, 0) is 4.79 Å². The van der Waals surface area contributed by atoms with Gasteiger partial charge < -0.3 is 9.84 Å². The number of hydrogen-bond donors (Lipinski definition) is 1. The molecule has 0 radical (unpaired) electrons. The molecule has 1 unspecified atom stereocenters. The molecule has 1 heterocycles. The number of carboxylic acid groups (broad SMARTS) is 1. The van der Waals surface area contributed by atoms with E-state index < -0.39 is 5.97 Å². The molecule has 0 saturated heterocycles. The van der Waals surface area contributed by atoms with Crippen molar-refractivity contribution in [3.05, 3.63) is 29.8 Å². The molecule has 1 atom stereocenters. The largest absolute Gasteiger partial charge is 0.493 e.